The molecular formula is C12H20N2O2. The van der Waals surface area contributed by atoms with Crippen LogP contribution < -0.4 is 5.32 Å². The number of imide groups is 1. The minimum Gasteiger partial charge on any atom is -0.317 e. The quantitative estimate of drug-likeness (QED) is 0.705. The smallest absolute Gasteiger partial charge is 0.235 e. The summed E-state index contributed by atoms with van der Waals surface area (Å²) >= 11 is 0. The maximum Gasteiger partial charge on any atom is 0.235 e. The summed E-state index contributed by atoms with van der Waals surface area (Å²) in [5.41, 5.74) is -0.482. The fourth-order valence-corrected chi connectivity index (χ4v) is 2.53. The molecule has 0 unspecified atom stereocenters. The van der Waals surface area contributed by atoms with Crippen molar-refractivity contribution in [1.29, 1.82) is 0 Å². The van der Waals surface area contributed by atoms with Gasteiger partial charge in [-0.2, -0.15) is 0 Å². The van der Waals surface area contributed by atoms with E-state index in [-0.39, 0.29) is 11.8 Å². The summed E-state index contributed by atoms with van der Waals surface area (Å²) in [5.74, 6) is 0.507. The predicted molar refractivity (Wildman–Crippen MR) is 60.7 cm³/mol. The molecule has 2 aliphatic rings. The van der Waals surface area contributed by atoms with Crippen molar-refractivity contribution in [3.05, 3.63) is 0 Å². The second-order valence-corrected chi connectivity index (χ2v) is 5.56. The molecule has 0 radical (unpaired) electrons. The topological polar surface area (TPSA) is 49.4 Å². The molecule has 4 nitrogen and oxygen atoms in total. The van der Waals surface area contributed by atoms with Gasteiger partial charge < -0.3 is 5.32 Å². The largest absolute Gasteiger partial charge is 0.317 e. The highest BCUT2D eigenvalue weighted by Gasteiger charge is 2.45. The van der Waals surface area contributed by atoms with E-state index in [1.165, 1.54) is 4.90 Å². The zero-order chi connectivity index (χ0) is 11.8. The van der Waals surface area contributed by atoms with Crippen LogP contribution in [0.4, 0.5) is 0 Å². The Kier molecular flexibility index (Phi) is 3.02. The summed E-state index contributed by atoms with van der Waals surface area (Å²) in [6.45, 7) is 6.35. The van der Waals surface area contributed by atoms with Crippen molar-refractivity contribution in [2.75, 3.05) is 19.6 Å². The number of piperidine rings is 1. The summed E-state index contributed by atoms with van der Waals surface area (Å²) in [5, 5.41) is 3.29. The SMILES string of the molecule is CC1(C)CC(=O)N(CC2CCNCC2)C1=O. The lowest BCUT2D eigenvalue weighted by Crippen LogP contribution is -2.40. The van der Waals surface area contributed by atoms with Gasteiger partial charge in [-0.25, -0.2) is 0 Å². The highest BCUT2D eigenvalue weighted by atomic mass is 16.2. The van der Waals surface area contributed by atoms with Crippen LogP contribution in [0.25, 0.3) is 0 Å². The number of hydrogen-bond donors (Lipinski definition) is 1. The fourth-order valence-electron chi connectivity index (χ4n) is 2.53. The van der Waals surface area contributed by atoms with Gasteiger partial charge in [0, 0.05) is 13.0 Å². The van der Waals surface area contributed by atoms with Crippen molar-refractivity contribution in [3.8, 4) is 0 Å². The van der Waals surface area contributed by atoms with Gasteiger partial charge >= 0.3 is 0 Å². The Morgan fingerprint density at radius 2 is 1.94 bits per heavy atom. The molecular weight excluding hydrogens is 204 g/mol. The van der Waals surface area contributed by atoms with E-state index in [0.29, 0.717) is 18.9 Å². The number of carbonyl (C=O) groups excluding carboxylic acids is 2. The van der Waals surface area contributed by atoms with Gasteiger partial charge in [-0.15, -0.1) is 0 Å². The van der Waals surface area contributed by atoms with Crippen LogP contribution in [0.15, 0.2) is 0 Å². The van der Waals surface area contributed by atoms with Crippen LogP contribution in [0, 0.1) is 11.3 Å². The third-order valence-corrected chi connectivity index (χ3v) is 3.62. The first kappa shape index (κ1) is 11.6. The van der Waals surface area contributed by atoms with Gasteiger partial charge in [0.05, 0.1) is 5.41 Å². The lowest BCUT2D eigenvalue weighted by molar-refractivity contribution is -0.141. The first-order chi connectivity index (χ1) is 7.50. The van der Waals surface area contributed by atoms with E-state index < -0.39 is 5.41 Å². The number of likely N-dealkylation sites (tertiary alicyclic amines) is 1. The number of carbonyl (C=O) groups is 2. The van der Waals surface area contributed by atoms with Gasteiger partial charge in [0.2, 0.25) is 11.8 Å². The Bertz CT molecular complexity index is 306. The minimum absolute atomic E-state index is 0.00790. The van der Waals surface area contributed by atoms with Crippen molar-refractivity contribution in [2.45, 2.75) is 33.1 Å². The summed E-state index contributed by atoms with van der Waals surface area (Å²) in [6.07, 6.45) is 2.51. The van der Waals surface area contributed by atoms with Crippen molar-refractivity contribution >= 4 is 11.8 Å². The van der Waals surface area contributed by atoms with E-state index in [4.69, 9.17) is 0 Å². The Balaban J connectivity index is 1.99. The summed E-state index contributed by atoms with van der Waals surface area (Å²) in [7, 11) is 0. The lowest BCUT2D eigenvalue weighted by atomic mass is 9.92. The first-order valence-corrected chi connectivity index (χ1v) is 6.06. The van der Waals surface area contributed by atoms with Gasteiger partial charge in [0.1, 0.15) is 0 Å². The predicted octanol–water partition coefficient (Wildman–Crippen LogP) is 0.771. The molecule has 2 saturated heterocycles. The van der Waals surface area contributed by atoms with E-state index in [2.05, 4.69) is 5.32 Å². The molecule has 0 aromatic rings. The molecule has 0 spiro atoms. The van der Waals surface area contributed by atoms with Gasteiger partial charge in [-0.1, -0.05) is 13.8 Å². The second kappa shape index (κ2) is 4.17. The number of rotatable bonds is 2. The van der Waals surface area contributed by atoms with Crippen molar-refractivity contribution in [1.82, 2.24) is 10.2 Å². The lowest BCUT2D eigenvalue weighted by Gasteiger charge is -2.27. The van der Waals surface area contributed by atoms with Crippen LogP contribution in [-0.2, 0) is 9.59 Å². The summed E-state index contributed by atoms with van der Waals surface area (Å²) in [6, 6.07) is 0. The number of amides is 2. The molecule has 1 N–H and O–H groups in total. The monoisotopic (exact) mass is 224 g/mol. The molecule has 0 aromatic heterocycles. The molecule has 2 rings (SSSR count). The molecule has 16 heavy (non-hydrogen) atoms. The van der Waals surface area contributed by atoms with Crippen LogP contribution in [0.1, 0.15) is 33.1 Å². The zero-order valence-electron chi connectivity index (χ0n) is 10.1. The van der Waals surface area contributed by atoms with E-state index in [0.717, 1.165) is 25.9 Å². The van der Waals surface area contributed by atoms with Gasteiger partial charge in [-0.05, 0) is 31.8 Å². The van der Waals surface area contributed by atoms with Crippen molar-refractivity contribution in [3.63, 3.8) is 0 Å². The minimum atomic E-state index is -0.482. The van der Waals surface area contributed by atoms with Crippen LogP contribution in [-0.4, -0.2) is 36.3 Å². The number of nitrogens with one attached hydrogen (secondary N) is 1. The molecule has 2 fully saturated rings. The molecule has 0 aliphatic carbocycles. The van der Waals surface area contributed by atoms with E-state index in [1.54, 1.807) is 0 Å². The van der Waals surface area contributed by atoms with Crippen LogP contribution in [0.2, 0.25) is 0 Å². The highest BCUT2D eigenvalue weighted by molar-refractivity contribution is 6.05. The van der Waals surface area contributed by atoms with Crippen molar-refractivity contribution in [2.24, 2.45) is 11.3 Å². The Hall–Kier alpha value is -0.900. The standard InChI is InChI=1S/C12H20N2O2/c1-12(2)7-10(15)14(11(12)16)8-9-3-5-13-6-4-9/h9,13H,3-8H2,1-2H3. The van der Waals surface area contributed by atoms with E-state index in [9.17, 15) is 9.59 Å². The van der Waals surface area contributed by atoms with Crippen LogP contribution in [0.3, 0.4) is 0 Å². The average molecular weight is 224 g/mol. The van der Waals surface area contributed by atoms with Gasteiger partial charge in [0.15, 0.2) is 0 Å². The Morgan fingerprint density at radius 1 is 1.31 bits per heavy atom. The molecule has 4 heteroatoms. The van der Waals surface area contributed by atoms with Crippen molar-refractivity contribution < 1.29 is 9.59 Å². The normalized spacial score (nSPS) is 26.5. The Morgan fingerprint density at radius 3 is 2.44 bits per heavy atom. The fraction of sp³-hybridized carbons (Fsp3) is 0.833. The second-order valence-electron chi connectivity index (χ2n) is 5.56. The average Bonchev–Trinajstić information content (AvgIpc) is 2.42. The Labute approximate surface area is 96.4 Å². The summed E-state index contributed by atoms with van der Waals surface area (Å²) in [4.78, 5) is 25.2. The molecule has 0 atom stereocenters. The maximum atomic E-state index is 12.0. The van der Waals surface area contributed by atoms with Crippen LogP contribution >= 0.6 is 0 Å². The van der Waals surface area contributed by atoms with E-state index in [1.807, 2.05) is 13.8 Å². The molecule has 2 heterocycles. The molecule has 0 saturated carbocycles. The van der Waals surface area contributed by atoms with Gasteiger partial charge in [0.25, 0.3) is 0 Å². The van der Waals surface area contributed by atoms with E-state index >= 15 is 0 Å². The number of nitrogens with zero attached hydrogens (tertiary/aromatic N) is 1. The maximum absolute atomic E-state index is 12.0. The molecule has 0 aromatic carbocycles. The van der Waals surface area contributed by atoms with Crippen LogP contribution in [0.5, 0.6) is 0 Å². The third kappa shape index (κ3) is 2.12. The molecule has 90 valence electrons. The third-order valence-electron chi connectivity index (χ3n) is 3.62. The number of hydrogen-bond acceptors (Lipinski definition) is 3. The summed E-state index contributed by atoms with van der Waals surface area (Å²) < 4.78 is 0. The zero-order valence-corrected chi connectivity index (χ0v) is 10.1. The van der Waals surface area contributed by atoms with Gasteiger partial charge in [-0.3, -0.25) is 14.5 Å². The molecule has 0 bridgehead atoms. The molecule has 2 amide bonds. The first-order valence-electron chi connectivity index (χ1n) is 6.06. The molecule has 2 aliphatic heterocycles. The highest BCUT2D eigenvalue weighted by Crippen LogP contribution is 2.32.